The Hall–Kier alpha value is -0.290. The maximum absolute atomic E-state index is 11.9. The van der Waals surface area contributed by atoms with Gasteiger partial charge in [0.1, 0.15) is 0 Å². The van der Waals surface area contributed by atoms with Crippen molar-refractivity contribution < 1.29 is 8.78 Å². The van der Waals surface area contributed by atoms with E-state index in [4.69, 9.17) is 5.73 Å². The van der Waals surface area contributed by atoms with Crippen molar-refractivity contribution >= 4 is 17.2 Å². The molecule has 0 aliphatic heterocycles. The molecule has 0 bridgehead atoms. The maximum Gasteiger partial charge on any atom is 0.251 e. The zero-order valence-electron chi connectivity index (χ0n) is 7.09. The molecule has 0 spiro atoms. The molecule has 0 aromatic heterocycles. The van der Waals surface area contributed by atoms with Crippen LogP contribution in [0.2, 0.25) is 0 Å². The van der Waals surface area contributed by atoms with E-state index in [-0.39, 0.29) is 18.1 Å². The van der Waals surface area contributed by atoms with Crippen LogP contribution < -0.4 is 5.73 Å². The van der Waals surface area contributed by atoms with Gasteiger partial charge in [-0.1, -0.05) is 19.1 Å². The van der Waals surface area contributed by atoms with Crippen molar-refractivity contribution in [2.24, 2.45) is 5.73 Å². The number of halogens is 2. The Labute approximate surface area is 76.7 Å². The van der Waals surface area contributed by atoms with Crippen LogP contribution in [0.15, 0.2) is 0 Å². The summed E-state index contributed by atoms with van der Waals surface area (Å²) in [6.07, 6.45) is -1.49. The van der Waals surface area contributed by atoms with Crippen molar-refractivity contribution in [3.8, 4) is 0 Å². The predicted molar refractivity (Wildman–Crippen MR) is 49.5 cm³/mol. The van der Waals surface area contributed by atoms with E-state index in [2.05, 4.69) is 12.2 Å². The van der Waals surface area contributed by atoms with Gasteiger partial charge in [-0.05, 0) is 13.0 Å². The Balaban J connectivity index is 3.77. The van der Waals surface area contributed by atoms with Gasteiger partial charge < -0.3 is 5.73 Å². The van der Waals surface area contributed by atoms with Crippen molar-refractivity contribution in [3.05, 3.63) is 0 Å². The Morgan fingerprint density at radius 1 is 1.58 bits per heavy atom. The molecule has 0 aromatic carbocycles. The quantitative estimate of drug-likeness (QED) is 0.648. The molecule has 2 nitrogen and oxygen atoms in total. The highest BCUT2D eigenvalue weighted by Gasteiger charge is 2.11. The van der Waals surface area contributed by atoms with Crippen LogP contribution in [-0.2, 0) is 0 Å². The normalized spacial score (nSPS) is 11.1. The average Bonchev–Trinajstić information content (AvgIpc) is 1.84. The number of hydrogen-bond donors (Lipinski definition) is 1. The summed E-state index contributed by atoms with van der Waals surface area (Å²) in [6.45, 7) is 2.58. The van der Waals surface area contributed by atoms with E-state index >= 15 is 0 Å². The molecule has 0 fully saturated rings. The van der Waals surface area contributed by atoms with Gasteiger partial charge in [0.2, 0.25) is 0 Å². The van der Waals surface area contributed by atoms with E-state index in [9.17, 15) is 8.78 Å². The lowest BCUT2D eigenvalue weighted by Crippen LogP contribution is -2.36. The third-order valence-corrected chi connectivity index (χ3v) is 1.44. The number of hydrogen-bond acceptors (Lipinski definition) is 2. The van der Waals surface area contributed by atoms with Gasteiger partial charge in [0.15, 0.2) is 0 Å². The number of alkyl halides is 2. The molecular formula is C7H14F2N2S. The second-order valence-electron chi connectivity index (χ2n) is 2.59. The first-order valence-corrected chi connectivity index (χ1v) is 4.26. The van der Waals surface area contributed by atoms with E-state index in [1.165, 1.54) is 0 Å². The van der Waals surface area contributed by atoms with Gasteiger partial charge in [-0.15, -0.1) is 0 Å². The zero-order chi connectivity index (χ0) is 9.56. The number of rotatable bonds is 6. The Morgan fingerprint density at radius 2 is 2.17 bits per heavy atom. The fourth-order valence-electron chi connectivity index (χ4n) is 0.967. The van der Waals surface area contributed by atoms with Crippen LogP contribution in [0.1, 0.15) is 13.3 Å². The molecule has 0 saturated heterocycles. The van der Waals surface area contributed by atoms with Crippen LogP contribution >= 0.6 is 12.2 Å². The highest BCUT2D eigenvalue weighted by molar-refractivity contribution is 7.80. The Bertz CT molecular complexity index is 141. The molecule has 0 radical (unpaired) electrons. The molecular weight excluding hydrogens is 182 g/mol. The highest BCUT2D eigenvalue weighted by atomic mass is 32.1. The summed E-state index contributed by atoms with van der Waals surface area (Å²) in [5, 5.41) is 0. The van der Waals surface area contributed by atoms with Crippen LogP contribution in [0.5, 0.6) is 0 Å². The molecule has 0 amide bonds. The third-order valence-electron chi connectivity index (χ3n) is 1.32. The first-order valence-electron chi connectivity index (χ1n) is 3.85. The summed E-state index contributed by atoms with van der Waals surface area (Å²) in [4.78, 5) is 1.83. The molecule has 0 aromatic rings. The average molecular weight is 196 g/mol. The van der Waals surface area contributed by atoms with Crippen LogP contribution in [0.3, 0.4) is 0 Å². The second-order valence-corrected chi connectivity index (χ2v) is 3.12. The van der Waals surface area contributed by atoms with Crippen molar-refractivity contribution in [2.45, 2.75) is 19.8 Å². The lowest BCUT2D eigenvalue weighted by Gasteiger charge is -2.19. The van der Waals surface area contributed by atoms with Crippen molar-refractivity contribution in [3.63, 3.8) is 0 Å². The smallest absolute Gasteiger partial charge is 0.251 e. The Morgan fingerprint density at radius 3 is 2.50 bits per heavy atom. The molecule has 0 atom stereocenters. The second kappa shape index (κ2) is 6.25. The molecule has 2 N–H and O–H groups in total. The van der Waals surface area contributed by atoms with Gasteiger partial charge in [-0.25, -0.2) is 8.78 Å². The minimum absolute atomic E-state index is 0.245. The standard InChI is InChI=1S/C7H14F2N2S/c1-2-3-11(4-6(8)9)5-7(10)12/h6H,2-5H2,1H3,(H2,10,12). The van der Waals surface area contributed by atoms with Gasteiger partial charge in [0, 0.05) is 6.54 Å². The van der Waals surface area contributed by atoms with Gasteiger partial charge >= 0.3 is 0 Å². The summed E-state index contributed by atoms with van der Waals surface area (Å²) in [5.74, 6) is 0. The van der Waals surface area contributed by atoms with Gasteiger partial charge in [-0.2, -0.15) is 0 Å². The van der Waals surface area contributed by atoms with Crippen LogP contribution in [0.25, 0.3) is 0 Å². The molecule has 0 aliphatic carbocycles. The van der Waals surface area contributed by atoms with E-state index in [1.54, 1.807) is 4.90 Å². The molecule has 72 valence electrons. The minimum Gasteiger partial charge on any atom is -0.392 e. The number of thiocarbonyl (C=S) groups is 1. The van der Waals surface area contributed by atoms with Gasteiger partial charge in [0.05, 0.1) is 11.5 Å². The zero-order valence-corrected chi connectivity index (χ0v) is 7.91. The molecule has 0 rings (SSSR count). The fraction of sp³-hybridized carbons (Fsp3) is 0.857. The van der Waals surface area contributed by atoms with E-state index < -0.39 is 6.43 Å². The van der Waals surface area contributed by atoms with Crippen molar-refractivity contribution in [1.82, 2.24) is 4.90 Å². The highest BCUT2D eigenvalue weighted by Crippen LogP contribution is 1.99. The first-order chi connectivity index (χ1) is 5.56. The monoisotopic (exact) mass is 196 g/mol. The lowest BCUT2D eigenvalue weighted by atomic mass is 10.4. The third kappa shape index (κ3) is 6.42. The topological polar surface area (TPSA) is 29.3 Å². The van der Waals surface area contributed by atoms with E-state index in [0.29, 0.717) is 6.54 Å². The lowest BCUT2D eigenvalue weighted by molar-refractivity contribution is 0.0958. The first kappa shape index (κ1) is 11.7. The maximum atomic E-state index is 11.9. The summed E-state index contributed by atoms with van der Waals surface area (Å²) >= 11 is 4.63. The van der Waals surface area contributed by atoms with Gasteiger partial charge in [-0.3, -0.25) is 4.90 Å². The minimum atomic E-state index is -2.31. The number of nitrogens with two attached hydrogens (primary N) is 1. The summed E-state index contributed by atoms with van der Waals surface area (Å²) in [6, 6.07) is 0. The Kier molecular flexibility index (Phi) is 6.10. The van der Waals surface area contributed by atoms with E-state index in [1.807, 2.05) is 6.92 Å². The molecule has 5 heteroatoms. The van der Waals surface area contributed by atoms with Crippen LogP contribution in [0, 0.1) is 0 Å². The summed E-state index contributed by atoms with van der Waals surface area (Å²) < 4.78 is 23.9. The molecule has 0 saturated carbocycles. The largest absolute Gasteiger partial charge is 0.392 e. The summed E-state index contributed by atoms with van der Waals surface area (Å²) in [7, 11) is 0. The van der Waals surface area contributed by atoms with Crippen LogP contribution in [-0.4, -0.2) is 35.9 Å². The molecule has 0 unspecified atom stereocenters. The predicted octanol–water partition coefficient (Wildman–Crippen LogP) is 1.25. The molecule has 0 heterocycles. The van der Waals surface area contributed by atoms with Gasteiger partial charge in [0.25, 0.3) is 6.43 Å². The summed E-state index contributed by atoms with van der Waals surface area (Å²) in [5.41, 5.74) is 5.24. The molecule has 12 heavy (non-hydrogen) atoms. The number of nitrogens with zero attached hydrogens (tertiary/aromatic N) is 1. The van der Waals surface area contributed by atoms with Crippen molar-refractivity contribution in [2.75, 3.05) is 19.6 Å². The van der Waals surface area contributed by atoms with Crippen LogP contribution in [0.4, 0.5) is 8.78 Å². The SMILES string of the molecule is CCCN(CC(N)=S)CC(F)F. The van der Waals surface area contributed by atoms with E-state index in [0.717, 1.165) is 6.42 Å². The molecule has 0 aliphatic rings. The fourth-order valence-corrected chi connectivity index (χ4v) is 1.15. The van der Waals surface area contributed by atoms with Crippen molar-refractivity contribution in [1.29, 1.82) is 0 Å².